The number of nitrogens with zero attached hydrogens (tertiary/aromatic N) is 3. The number of aryl methyl sites for hydroxylation is 2. The first-order chi connectivity index (χ1) is 11.8. The third-order valence-corrected chi connectivity index (χ3v) is 5.48. The summed E-state index contributed by atoms with van der Waals surface area (Å²) < 4.78 is 33.0. The molecule has 0 aliphatic carbocycles. The SMILES string of the molecule is COCCNC(=O)c1cnn(C)c1N(C)S(=O)(=O)c1ccc(C)cc1. The van der Waals surface area contributed by atoms with Crippen molar-refractivity contribution in [1.29, 1.82) is 0 Å². The Balaban J connectivity index is 2.35. The van der Waals surface area contributed by atoms with Crippen LogP contribution in [0.3, 0.4) is 0 Å². The Morgan fingerprint density at radius 1 is 1.32 bits per heavy atom. The second kappa shape index (κ2) is 7.66. The van der Waals surface area contributed by atoms with Crippen molar-refractivity contribution in [2.75, 3.05) is 31.6 Å². The second-order valence-corrected chi connectivity index (χ2v) is 7.51. The summed E-state index contributed by atoms with van der Waals surface area (Å²) in [5.41, 5.74) is 1.14. The van der Waals surface area contributed by atoms with E-state index in [0.29, 0.717) is 13.2 Å². The summed E-state index contributed by atoms with van der Waals surface area (Å²) in [4.78, 5) is 12.5. The smallest absolute Gasteiger partial charge is 0.265 e. The molecule has 9 heteroatoms. The fraction of sp³-hybridized carbons (Fsp3) is 0.375. The number of nitrogens with one attached hydrogen (secondary N) is 1. The van der Waals surface area contributed by atoms with Crippen LogP contribution in [-0.2, 0) is 21.8 Å². The van der Waals surface area contributed by atoms with Crippen molar-refractivity contribution in [3.63, 3.8) is 0 Å². The number of hydrogen-bond donors (Lipinski definition) is 1. The molecule has 0 saturated heterocycles. The molecule has 1 heterocycles. The van der Waals surface area contributed by atoms with Crippen molar-refractivity contribution in [2.45, 2.75) is 11.8 Å². The minimum absolute atomic E-state index is 0.146. The van der Waals surface area contributed by atoms with E-state index in [9.17, 15) is 13.2 Å². The van der Waals surface area contributed by atoms with Crippen LogP contribution in [0.15, 0.2) is 35.4 Å². The molecular formula is C16H22N4O4S. The fourth-order valence-electron chi connectivity index (χ4n) is 2.31. The van der Waals surface area contributed by atoms with Gasteiger partial charge in [-0.2, -0.15) is 5.10 Å². The number of carbonyl (C=O) groups is 1. The number of ether oxygens (including phenoxy) is 1. The summed E-state index contributed by atoms with van der Waals surface area (Å²) in [5, 5.41) is 6.70. The van der Waals surface area contributed by atoms with E-state index in [2.05, 4.69) is 10.4 Å². The van der Waals surface area contributed by atoms with Crippen molar-refractivity contribution in [1.82, 2.24) is 15.1 Å². The Bertz CT molecular complexity index is 844. The van der Waals surface area contributed by atoms with E-state index in [0.717, 1.165) is 9.87 Å². The number of hydrogen-bond acceptors (Lipinski definition) is 5. The first-order valence-electron chi connectivity index (χ1n) is 7.63. The molecule has 1 aromatic heterocycles. The maximum Gasteiger partial charge on any atom is 0.265 e. The summed E-state index contributed by atoms with van der Waals surface area (Å²) in [5.74, 6) is -0.221. The van der Waals surface area contributed by atoms with Crippen LogP contribution in [0.4, 0.5) is 5.82 Å². The van der Waals surface area contributed by atoms with Gasteiger partial charge in [0.25, 0.3) is 15.9 Å². The lowest BCUT2D eigenvalue weighted by molar-refractivity contribution is 0.0937. The number of benzene rings is 1. The van der Waals surface area contributed by atoms with Gasteiger partial charge < -0.3 is 10.1 Å². The lowest BCUT2D eigenvalue weighted by atomic mass is 10.2. The highest BCUT2D eigenvalue weighted by Crippen LogP contribution is 2.25. The lowest BCUT2D eigenvalue weighted by Gasteiger charge is -2.21. The highest BCUT2D eigenvalue weighted by atomic mass is 32.2. The van der Waals surface area contributed by atoms with Crippen LogP contribution < -0.4 is 9.62 Å². The van der Waals surface area contributed by atoms with Crippen LogP contribution in [0.25, 0.3) is 0 Å². The summed E-state index contributed by atoms with van der Waals surface area (Å²) in [6.07, 6.45) is 1.35. The molecule has 2 rings (SSSR count). The lowest BCUT2D eigenvalue weighted by Crippen LogP contribution is -2.32. The molecule has 0 fully saturated rings. The number of aromatic nitrogens is 2. The van der Waals surface area contributed by atoms with Gasteiger partial charge in [-0.05, 0) is 19.1 Å². The molecule has 0 saturated carbocycles. The molecule has 1 aromatic carbocycles. The van der Waals surface area contributed by atoms with E-state index in [1.807, 2.05) is 6.92 Å². The average molecular weight is 366 g/mol. The van der Waals surface area contributed by atoms with Gasteiger partial charge in [-0.1, -0.05) is 17.7 Å². The zero-order valence-corrected chi connectivity index (χ0v) is 15.5. The molecule has 2 aromatic rings. The van der Waals surface area contributed by atoms with Crippen molar-refractivity contribution in [3.8, 4) is 0 Å². The number of rotatable bonds is 7. The summed E-state index contributed by atoms with van der Waals surface area (Å²) in [6, 6.07) is 6.52. The third kappa shape index (κ3) is 3.99. The zero-order valence-electron chi connectivity index (χ0n) is 14.7. The Morgan fingerprint density at radius 2 is 1.96 bits per heavy atom. The number of carbonyl (C=O) groups excluding carboxylic acids is 1. The Labute approximate surface area is 147 Å². The largest absolute Gasteiger partial charge is 0.383 e. The minimum Gasteiger partial charge on any atom is -0.383 e. The van der Waals surface area contributed by atoms with Gasteiger partial charge >= 0.3 is 0 Å². The van der Waals surface area contributed by atoms with Gasteiger partial charge in [0, 0.05) is 27.7 Å². The van der Waals surface area contributed by atoms with Crippen molar-refractivity contribution < 1.29 is 17.9 Å². The predicted octanol–water partition coefficient (Wildman–Crippen LogP) is 0.930. The van der Waals surface area contributed by atoms with E-state index in [4.69, 9.17) is 4.74 Å². The molecule has 0 aliphatic heterocycles. The van der Waals surface area contributed by atoms with Gasteiger partial charge in [-0.3, -0.25) is 13.8 Å². The van der Waals surface area contributed by atoms with Crippen LogP contribution in [0.1, 0.15) is 15.9 Å². The minimum atomic E-state index is -3.81. The Hall–Kier alpha value is -2.39. The summed E-state index contributed by atoms with van der Waals surface area (Å²) >= 11 is 0. The summed E-state index contributed by atoms with van der Waals surface area (Å²) in [6.45, 7) is 2.56. The first-order valence-corrected chi connectivity index (χ1v) is 9.07. The molecule has 0 atom stereocenters. The first kappa shape index (κ1) is 18.9. The quantitative estimate of drug-likeness (QED) is 0.736. The van der Waals surface area contributed by atoms with E-state index in [1.54, 1.807) is 19.2 Å². The molecule has 1 N–H and O–H groups in total. The van der Waals surface area contributed by atoms with Crippen LogP contribution in [0.2, 0.25) is 0 Å². The van der Waals surface area contributed by atoms with Crippen LogP contribution >= 0.6 is 0 Å². The topological polar surface area (TPSA) is 93.5 Å². The molecule has 0 unspecified atom stereocenters. The van der Waals surface area contributed by atoms with E-state index < -0.39 is 15.9 Å². The van der Waals surface area contributed by atoms with Gasteiger partial charge in [-0.15, -0.1) is 0 Å². The second-order valence-electron chi connectivity index (χ2n) is 5.54. The maximum atomic E-state index is 12.9. The highest BCUT2D eigenvalue weighted by molar-refractivity contribution is 7.92. The van der Waals surface area contributed by atoms with Gasteiger partial charge in [0.05, 0.1) is 17.7 Å². The average Bonchev–Trinajstić information content (AvgIpc) is 2.96. The Morgan fingerprint density at radius 3 is 2.56 bits per heavy atom. The maximum absolute atomic E-state index is 12.9. The fourth-order valence-corrected chi connectivity index (χ4v) is 3.55. The zero-order chi connectivity index (χ0) is 18.6. The van der Waals surface area contributed by atoms with Gasteiger partial charge in [-0.25, -0.2) is 8.42 Å². The number of amides is 1. The van der Waals surface area contributed by atoms with Crippen LogP contribution in [0, 0.1) is 6.92 Å². The number of anilines is 1. The van der Waals surface area contributed by atoms with Gasteiger partial charge in [0.15, 0.2) is 5.82 Å². The molecule has 8 nitrogen and oxygen atoms in total. The molecule has 0 aliphatic rings. The van der Waals surface area contributed by atoms with E-state index >= 15 is 0 Å². The molecule has 0 bridgehead atoms. The molecule has 0 radical (unpaired) electrons. The molecule has 0 spiro atoms. The van der Waals surface area contributed by atoms with E-state index in [-0.39, 0.29) is 16.3 Å². The van der Waals surface area contributed by atoms with Crippen LogP contribution in [0.5, 0.6) is 0 Å². The van der Waals surface area contributed by atoms with Crippen molar-refractivity contribution in [2.24, 2.45) is 7.05 Å². The number of sulfonamides is 1. The van der Waals surface area contributed by atoms with Crippen LogP contribution in [-0.4, -0.2) is 51.4 Å². The third-order valence-electron chi connectivity index (χ3n) is 3.72. The van der Waals surface area contributed by atoms with E-state index in [1.165, 1.54) is 37.2 Å². The predicted molar refractivity (Wildman–Crippen MR) is 94.2 cm³/mol. The molecule has 136 valence electrons. The monoisotopic (exact) mass is 366 g/mol. The molecule has 25 heavy (non-hydrogen) atoms. The molecular weight excluding hydrogens is 344 g/mol. The number of methoxy groups -OCH3 is 1. The highest BCUT2D eigenvalue weighted by Gasteiger charge is 2.28. The van der Waals surface area contributed by atoms with Gasteiger partial charge in [0.2, 0.25) is 0 Å². The normalized spacial score (nSPS) is 11.4. The standard InChI is InChI=1S/C16H22N4O4S/c1-12-5-7-13(8-6-12)25(22,23)20(3)16-14(11-18-19(16)2)15(21)17-9-10-24-4/h5-8,11H,9-10H2,1-4H3,(H,17,21). The summed E-state index contributed by atoms with van der Waals surface area (Å²) in [7, 11) is 0.703. The van der Waals surface area contributed by atoms with Gasteiger partial charge in [0.1, 0.15) is 5.56 Å². The molecule has 1 amide bonds. The van der Waals surface area contributed by atoms with Crippen molar-refractivity contribution in [3.05, 3.63) is 41.6 Å². The Kier molecular flexibility index (Phi) is 5.81. The van der Waals surface area contributed by atoms with Crippen molar-refractivity contribution >= 4 is 21.7 Å².